The molecule has 0 aliphatic carbocycles. The van der Waals surface area contributed by atoms with Crippen molar-refractivity contribution in [3.05, 3.63) is 75.8 Å². The zero-order chi connectivity index (χ0) is 20.1. The van der Waals surface area contributed by atoms with Crippen LogP contribution in [0.5, 0.6) is 0 Å². The number of nitrogens with zero attached hydrogens (tertiary/aromatic N) is 3. The number of benzene rings is 2. The van der Waals surface area contributed by atoms with E-state index in [0.717, 1.165) is 34.3 Å². The van der Waals surface area contributed by atoms with Gasteiger partial charge in [0.2, 0.25) is 5.89 Å². The van der Waals surface area contributed by atoms with Crippen molar-refractivity contribution in [2.24, 2.45) is 0 Å². The van der Waals surface area contributed by atoms with Crippen molar-refractivity contribution in [2.75, 3.05) is 0 Å². The molecule has 0 atom stereocenters. The summed E-state index contributed by atoms with van der Waals surface area (Å²) in [5.74, 6) is 0.304. The van der Waals surface area contributed by atoms with Crippen LogP contribution in [0.15, 0.2) is 57.7 Å². The minimum atomic E-state index is -0.220. The van der Waals surface area contributed by atoms with Crippen LogP contribution in [0.4, 0.5) is 0 Å². The fourth-order valence-corrected chi connectivity index (χ4v) is 3.88. The Hall–Kier alpha value is -3.67. The van der Waals surface area contributed by atoms with Crippen LogP contribution in [-0.2, 0) is 6.42 Å². The highest BCUT2D eigenvalue weighted by molar-refractivity contribution is 5.82. The van der Waals surface area contributed by atoms with Crippen molar-refractivity contribution in [1.82, 2.24) is 19.6 Å². The van der Waals surface area contributed by atoms with Gasteiger partial charge in [0.25, 0.3) is 5.56 Å². The van der Waals surface area contributed by atoms with Gasteiger partial charge in [-0.1, -0.05) is 49.4 Å². The van der Waals surface area contributed by atoms with E-state index < -0.39 is 0 Å². The van der Waals surface area contributed by atoms with Crippen LogP contribution in [0, 0.1) is 13.8 Å². The zero-order valence-corrected chi connectivity index (χ0v) is 16.5. The van der Waals surface area contributed by atoms with Gasteiger partial charge in [-0.3, -0.25) is 9.89 Å². The molecule has 0 saturated carbocycles. The summed E-state index contributed by atoms with van der Waals surface area (Å²) in [6, 6.07) is 15.8. The predicted molar refractivity (Wildman–Crippen MR) is 113 cm³/mol. The van der Waals surface area contributed by atoms with E-state index in [0.29, 0.717) is 28.4 Å². The second-order valence-corrected chi connectivity index (χ2v) is 7.15. The molecule has 0 saturated heterocycles. The molecule has 5 aromatic rings. The second-order valence-electron chi connectivity index (χ2n) is 7.15. The molecule has 6 heteroatoms. The van der Waals surface area contributed by atoms with E-state index in [4.69, 9.17) is 9.40 Å². The standard InChI is InChI=1S/C23H20N4O2/c1-4-15-11-8-12-17-20(15)25-22(29-17)19-13(2)24-21-18(16-9-6-5-7-10-16)14(3)26-27(21)23(19)28/h5-12,26H,4H2,1-3H3. The number of rotatable bonds is 3. The smallest absolute Gasteiger partial charge is 0.285 e. The fraction of sp³-hybridized carbons (Fsp3) is 0.174. The molecule has 5 rings (SSSR count). The van der Waals surface area contributed by atoms with Crippen LogP contribution in [0.2, 0.25) is 0 Å². The number of hydrogen-bond acceptors (Lipinski definition) is 4. The van der Waals surface area contributed by atoms with Gasteiger partial charge >= 0.3 is 0 Å². The largest absolute Gasteiger partial charge is 0.436 e. The first-order valence-electron chi connectivity index (χ1n) is 9.64. The van der Waals surface area contributed by atoms with E-state index in [9.17, 15) is 4.79 Å². The van der Waals surface area contributed by atoms with Crippen molar-refractivity contribution in [3.8, 4) is 22.6 Å². The van der Waals surface area contributed by atoms with Crippen molar-refractivity contribution >= 4 is 16.7 Å². The first-order chi connectivity index (χ1) is 14.1. The number of aromatic amines is 1. The number of para-hydroxylation sites is 1. The van der Waals surface area contributed by atoms with Gasteiger partial charge in [0.1, 0.15) is 11.1 Å². The number of aryl methyl sites for hydroxylation is 3. The van der Waals surface area contributed by atoms with Gasteiger partial charge < -0.3 is 4.42 Å². The Bertz CT molecular complexity index is 1420. The number of hydrogen-bond donors (Lipinski definition) is 1. The molecule has 0 aliphatic rings. The molecule has 1 N–H and O–H groups in total. The number of nitrogens with one attached hydrogen (secondary N) is 1. The average Bonchev–Trinajstić information content (AvgIpc) is 3.29. The van der Waals surface area contributed by atoms with E-state index in [1.807, 2.05) is 62.4 Å². The normalized spacial score (nSPS) is 11.6. The van der Waals surface area contributed by atoms with E-state index in [1.165, 1.54) is 4.52 Å². The zero-order valence-electron chi connectivity index (χ0n) is 16.5. The predicted octanol–water partition coefficient (Wildman–Crippen LogP) is 4.68. The highest BCUT2D eigenvalue weighted by Crippen LogP contribution is 2.29. The van der Waals surface area contributed by atoms with Crippen LogP contribution in [-0.4, -0.2) is 19.6 Å². The lowest BCUT2D eigenvalue weighted by atomic mass is 10.1. The molecule has 2 aromatic carbocycles. The Kier molecular flexibility index (Phi) is 3.87. The summed E-state index contributed by atoms with van der Waals surface area (Å²) in [5, 5.41) is 3.16. The topological polar surface area (TPSA) is 76.2 Å². The molecule has 0 bridgehead atoms. The molecule has 0 unspecified atom stereocenters. The maximum Gasteiger partial charge on any atom is 0.285 e. The Morgan fingerprint density at radius 3 is 2.55 bits per heavy atom. The average molecular weight is 384 g/mol. The summed E-state index contributed by atoms with van der Waals surface area (Å²) in [6.45, 7) is 5.84. The highest BCUT2D eigenvalue weighted by Gasteiger charge is 2.22. The minimum Gasteiger partial charge on any atom is -0.436 e. The van der Waals surface area contributed by atoms with Crippen molar-refractivity contribution < 1.29 is 4.42 Å². The van der Waals surface area contributed by atoms with Crippen molar-refractivity contribution in [2.45, 2.75) is 27.2 Å². The molecule has 0 fully saturated rings. The summed E-state index contributed by atoms with van der Waals surface area (Å²) < 4.78 is 7.43. The molecule has 0 amide bonds. The third kappa shape index (κ3) is 2.60. The van der Waals surface area contributed by atoms with Gasteiger partial charge in [0.05, 0.1) is 5.69 Å². The molecule has 6 nitrogen and oxygen atoms in total. The first kappa shape index (κ1) is 17.4. The number of oxazole rings is 1. The van der Waals surface area contributed by atoms with E-state index in [-0.39, 0.29) is 5.56 Å². The molecule has 0 radical (unpaired) electrons. The molecular formula is C23H20N4O2. The van der Waals surface area contributed by atoms with E-state index in [2.05, 4.69) is 17.0 Å². The minimum absolute atomic E-state index is 0.220. The van der Waals surface area contributed by atoms with Crippen LogP contribution >= 0.6 is 0 Å². The summed E-state index contributed by atoms with van der Waals surface area (Å²) in [7, 11) is 0. The Morgan fingerprint density at radius 1 is 1.00 bits per heavy atom. The number of aromatic nitrogens is 4. The van der Waals surface area contributed by atoms with Crippen LogP contribution in [0.1, 0.15) is 23.9 Å². The van der Waals surface area contributed by atoms with Gasteiger partial charge in [0.15, 0.2) is 11.2 Å². The van der Waals surface area contributed by atoms with Gasteiger partial charge in [-0.2, -0.15) is 0 Å². The maximum absolute atomic E-state index is 13.4. The summed E-state index contributed by atoms with van der Waals surface area (Å²) in [6.07, 6.45) is 0.842. The quantitative estimate of drug-likeness (QED) is 0.490. The monoisotopic (exact) mass is 384 g/mol. The number of H-pyrrole nitrogens is 1. The summed E-state index contributed by atoms with van der Waals surface area (Å²) in [5.41, 5.74) is 6.72. The van der Waals surface area contributed by atoms with Gasteiger partial charge in [-0.15, -0.1) is 0 Å². The third-order valence-corrected chi connectivity index (χ3v) is 5.30. The first-order valence-corrected chi connectivity index (χ1v) is 9.64. The summed E-state index contributed by atoms with van der Waals surface area (Å²) in [4.78, 5) is 22.8. The van der Waals surface area contributed by atoms with E-state index in [1.54, 1.807) is 0 Å². The SMILES string of the molecule is CCc1cccc2oc(-c3c(C)nc4c(-c5ccccc5)c(C)[nH]n4c3=O)nc12. The van der Waals surface area contributed by atoms with Gasteiger partial charge in [-0.25, -0.2) is 14.5 Å². The van der Waals surface area contributed by atoms with Crippen LogP contribution in [0.25, 0.3) is 39.3 Å². The summed E-state index contributed by atoms with van der Waals surface area (Å²) >= 11 is 0. The maximum atomic E-state index is 13.4. The molecule has 144 valence electrons. The van der Waals surface area contributed by atoms with Crippen LogP contribution < -0.4 is 5.56 Å². The highest BCUT2D eigenvalue weighted by atomic mass is 16.3. The van der Waals surface area contributed by atoms with Crippen LogP contribution in [0.3, 0.4) is 0 Å². The molecule has 0 spiro atoms. The van der Waals surface area contributed by atoms with Gasteiger partial charge in [0, 0.05) is 11.3 Å². The van der Waals surface area contributed by atoms with Gasteiger partial charge in [-0.05, 0) is 37.5 Å². The Balaban J connectivity index is 1.78. The molecule has 0 aliphatic heterocycles. The fourth-order valence-electron chi connectivity index (χ4n) is 3.88. The lowest BCUT2D eigenvalue weighted by molar-refractivity contribution is 0.616. The Morgan fingerprint density at radius 2 is 1.79 bits per heavy atom. The lowest BCUT2D eigenvalue weighted by Gasteiger charge is -2.04. The molecular weight excluding hydrogens is 364 g/mol. The Labute approximate surface area is 166 Å². The third-order valence-electron chi connectivity index (χ3n) is 5.30. The van der Waals surface area contributed by atoms with Crippen molar-refractivity contribution in [3.63, 3.8) is 0 Å². The van der Waals surface area contributed by atoms with Crippen molar-refractivity contribution in [1.29, 1.82) is 0 Å². The molecule has 3 aromatic heterocycles. The molecule has 3 heterocycles. The second kappa shape index (κ2) is 6.44. The molecule has 29 heavy (non-hydrogen) atoms. The van der Waals surface area contributed by atoms with E-state index >= 15 is 0 Å². The lowest BCUT2D eigenvalue weighted by Crippen LogP contribution is -2.19. The number of fused-ring (bicyclic) bond motifs is 2.